The third-order valence-electron chi connectivity index (χ3n) is 4.49. The van der Waals surface area contributed by atoms with Gasteiger partial charge in [-0.25, -0.2) is 9.37 Å². The van der Waals surface area contributed by atoms with Crippen LogP contribution in [0.1, 0.15) is 12.8 Å². The Hall–Kier alpha value is -2.26. The topological polar surface area (TPSA) is 77.7 Å². The van der Waals surface area contributed by atoms with Crippen LogP contribution in [0.15, 0.2) is 17.5 Å². The van der Waals surface area contributed by atoms with Crippen molar-refractivity contribution in [1.29, 1.82) is 0 Å². The van der Waals surface area contributed by atoms with Crippen molar-refractivity contribution in [3.63, 3.8) is 0 Å². The predicted molar refractivity (Wildman–Crippen MR) is 92.3 cm³/mol. The number of nitrogens with two attached hydrogens (primary N) is 1. The highest BCUT2D eigenvalue weighted by Crippen LogP contribution is 2.37. The number of nitrogens with zero attached hydrogens (tertiary/aromatic N) is 2. The van der Waals surface area contributed by atoms with Crippen molar-refractivity contribution >= 4 is 22.4 Å². The van der Waals surface area contributed by atoms with Crippen LogP contribution in [0.3, 0.4) is 0 Å². The van der Waals surface area contributed by atoms with E-state index >= 15 is 0 Å². The predicted octanol–water partition coefficient (Wildman–Crippen LogP) is 2.32. The maximum atomic E-state index is 14.2. The minimum atomic E-state index is -1.16. The van der Waals surface area contributed by atoms with Gasteiger partial charge < -0.3 is 20.1 Å². The number of rotatable bonds is 5. The fourth-order valence-electron chi connectivity index (χ4n) is 3.32. The van der Waals surface area contributed by atoms with E-state index in [9.17, 15) is 13.6 Å². The second-order valence-electron chi connectivity index (χ2n) is 6.37. The van der Waals surface area contributed by atoms with Crippen molar-refractivity contribution in [3.05, 3.63) is 29.1 Å². The van der Waals surface area contributed by atoms with Crippen molar-refractivity contribution in [3.8, 4) is 17.0 Å². The van der Waals surface area contributed by atoms with Crippen LogP contribution in [0.25, 0.3) is 11.3 Å². The van der Waals surface area contributed by atoms with Gasteiger partial charge in [-0.05, 0) is 25.0 Å². The number of anilines is 1. The number of fused-ring (bicyclic) bond motifs is 2. The Kier molecular flexibility index (Phi) is 4.49. The molecule has 2 saturated heterocycles. The molecule has 1 aromatic carbocycles. The standard InChI is InChI=1S/C17H17F2N3O3S/c18-12-4-3-11(16(15(12)19)24-7-14(20)23)13-8-26-17(21-13)22-5-9-1-2-10(6-22)25-9/h3-4,8-10H,1-2,5-7H2,(H2,20,23). The Balaban J connectivity index is 1.63. The van der Waals surface area contributed by atoms with Gasteiger partial charge in [0.15, 0.2) is 23.3 Å². The van der Waals surface area contributed by atoms with Gasteiger partial charge in [0.05, 0.1) is 17.9 Å². The zero-order valence-corrected chi connectivity index (χ0v) is 14.6. The highest BCUT2D eigenvalue weighted by Gasteiger charge is 2.34. The van der Waals surface area contributed by atoms with Crippen LogP contribution in [-0.4, -0.2) is 42.8 Å². The number of amides is 1. The molecule has 138 valence electrons. The molecule has 2 fully saturated rings. The first-order valence-corrected chi connectivity index (χ1v) is 9.14. The lowest BCUT2D eigenvalue weighted by molar-refractivity contribution is -0.120. The Morgan fingerprint density at radius 3 is 2.77 bits per heavy atom. The van der Waals surface area contributed by atoms with Gasteiger partial charge in [0.1, 0.15) is 0 Å². The van der Waals surface area contributed by atoms with Crippen LogP contribution in [-0.2, 0) is 9.53 Å². The molecule has 26 heavy (non-hydrogen) atoms. The maximum absolute atomic E-state index is 14.2. The number of benzene rings is 1. The molecule has 2 aromatic rings. The molecule has 3 heterocycles. The lowest BCUT2D eigenvalue weighted by Gasteiger charge is -2.31. The van der Waals surface area contributed by atoms with Gasteiger partial charge in [-0.1, -0.05) is 0 Å². The second kappa shape index (κ2) is 6.81. The average molecular weight is 381 g/mol. The fraction of sp³-hybridized carbons (Fsp3) is 0.412. The summed E-state index contributed by atoms with van der Waals surface area (Å²) in [5, 5.41) is 2.56. The molecule has 2 N–H and O–H groups in total. The first kappa shape index (κ1) is 17.2. The first-order valence-electron chi connectivity index (χ1n) is 8.26. The SMILES string of the molecule is NC(=O)COc1c(-c2csc(N3CC4CCC(C3)O4)n2)ccc(F)c1F. The van der Waals surface area contributed by atoms with Crippen LogP contribution in [0.2, 0.25) is 0 Å². The molecule has 9 heteroatoms. The molecule has 6 nitrogen and oxygen atoms in total. The van der Waals surface area contributed by atoms with Gasteiger partial charge in [0, 0.05) is 24.0 Å². The van der Waals surface area contributed by atoms with Crippen molar-refractivity contribution in [2.45, 2.75) is 25.0 Å². The first-order chi connectivity index (χ1) is 12.5. The van der Waals surface area contributed by atoms with Gasteiger partial charge in [0.25, 0.3) is 5.91 Å². The van der Waals surface area contributed by atoms with E-state index in [1.165, 1.54) is 17.4 Å². The summed E-state index contributed by atoms with van der Waals surface area (Å²) in [5.41, 5.74) is 5.78. The summed E-state index contributed by atoms with van der Waals surface area (Å²) in [7, 11) is 0. The molecule has 0 aliphatic carbocycles. The summed E-state index contributed by atoms with van der Waals surface area (Å²) >= 11 is 1.42. The van der Waals surface area contributed by atoms with Crippen LogP contribution >= 0.6 is 11.3 Å². The molecular weight excluding hydrogens is 364 g/mol. The van der Waals surface area contributed by atoms with Crippen molar-refractivity contribution in [2.24, 2.45) is 5.73 Å². The third kappa shape index (κ3) is 3.24. The largest absolute Gasteiger partial charge is 0.480 e. The number of morpholine rings is 1. The van der Waals surface area contributed by atoms with Gasteiger partial charge in [0.2, 0.25) is 5.82 Å². The van der Waals surface area contributed by atoms with Crippen LogP contribution < -0.4 is 15.4 Å². The number of primary amides is 1. The molecule has 0 saturated carbocycles. The molecule has 1 amide bonds. The van der Waals surface area contributed by atoms with Gasteiger partial charge in [-0.2, -0.15) is 4.39 Å². The molecule has 2 atom stereocenters. The van der Waals surface area contributed by atoms with E-state index in [4.69, 9.17) is 15.2 Å². The molecule has 0 spiro atoms. The van der Waals surface area contributed by atoms with E-state index in [-0.39, 0.29) is 23.5 Å². The van der Waals surface area contributed by atoms with Crippen molar-refractivity contribution in [2.75, 3.05) is 24.6 Å². The molecule has 2 bridgehead atoms. The van der Waals surface area contributed by atoms with Crippen LogP contribution in [0, 0.1) is 11.6 Å². The number of hydrogen-bond donors (Lipinski definition) is 1. The summed E-state index contributed by atoms with van der Waals surface area (Å²) in [6.07, 6.45) is 2.54. The smallest absolute Gasteiger partial charge is 0.255 e. The number of aromatic nitrogens is 1. The van der Waals surface area contributed by atoms with E-state index in [1.807, 2.05) is 0 Å². The second-order valence-corrected chi connectivity index (χ2v) is 7.21. The van der Waals surface area contributed by atoms with Gasteiger partial charge >= 0.3 is 0 Å². The molecule has 0 radical (unpaired) electrons. The number of halogens is 2. The summed E-state index contributed by atoms with van der Waals surface area (Å²) in [4.78, 5) is 17.7. The normalized spacial score (nSPS) is 21.8. The molecule has 2 unspecified atom stereocenters. The van der Waals surface area contributed by atoms with E-state index in [1.54, 1.807) is 5.38 Å². The van der Waals surface area contributed by atoms with Crippen LogP contribution in [0.5, 0.6) is 5.75 Å². The molecule has 1 aromatic heterocycles. The van der Waals surface area contributed by atoms with Gasteiger partial charge in [-0.15, -0.1) is 11.3 Å². The van der Waals surface area contributed by atoms with Gasteiger partial charge in [-0.3, -0.25) is 4.79 Å². The van der Waals surface area contributed by atoms with E-state index < -0.39 is 24.1 Å². The van der Waals surface area contributed by atoms with E-state index in [2.05, 4.69) is 9.88 Å². The lowest BCUT2D eigenvalue weighted by atomic mass is 10.1. The highest BCUT2D eigenvalue weighted by molar-refractivity contribution is 7.14. The molecule has 2 aliphatic heterocycles. The quantitative estimate of drug-likeness (QED) is 0.860. The zero-order chi connectivity index (χ0) is 18.3. The Bertz CT molecular complexity index is 833. The number of ether oxygens (including phenoxy) is 2. The van der Waals surface area contributed by atoms with Crippen LogP contribution in [0.4, 0.5) is 13.9 Å². The molecule has 2 aliphatic rings. The molecule has 4 rings (SSSR count). The fourth-order valence-corrected chi connectivity index (χ4v) is 4.17. The zero-order valence-electron chi connectivity index (χ0n) is 13.8. The average Bonchev–Trinajstić information content (AvgIpc) is 3.22. The number of carbonyl (C=O) groups excluding carboxylic acids is 1. The Morgan fingerprint density at radius 1 is 1.35 bits per heavy atom. The Morgan fingerprint density at radius 2 is 2.08 bits per heavy atom. The summed E-state index contributed by atoms with van der Waals surface area (Å²) in [5.74, 6) is -3.36. The Labute approximate surface area is 152 Å². The van der Waals surface area contributed by atoms with Crippen molar-refractivity contribution in [1.82, 2.24) is 4.98 Å². The monoisotopic (exact) mass is 381 g/mol. The van der Waals surface area contributed by atoms with E-state index in [0.717, 1.165) is 37.1 Å². The molecular formula is C17H17F2N3O3S. The summed E-state index contributed by atoms with van der Waals surface area (Å²) in [6.45, 7) is 0.996. The van der Waals surface area contributed by atoms with Crippen molar-refractivity contribution < 1.29 is 23.0 Å². The third-order valence-corrected chi connectivity index (χ3v) is 5.39. The minimum absolute atomic E-state index is 0.221. The van der Waals surface area contributed by atoms with E-state index in [0.29, 0.717) is 5.69 Å². The number of thiazole rings is 1. The highest BCUT2D eigenvalue weighted by atomic mass is 32.1. The summed E-state index contributed by atoms with van der Waals surface area (Å²) < 4.78 is 38.7. The number of carbonyl (C=O) groups is 1. The minimum Gasteiger partial charge on any atom is -0.480 e. The maximum Gasteiger partial charge on any atom is 0.255 e. The summed E-state index contributed by atoms with van der Waals surface area (Å²) in [6, 6.07) is 2.40. The number of hydrogen-bond acceptors (Lipinski definition) is 6. The lowest BCUT2D eigenvalue weighted by Crippen LogP contribution is -2.42.